The molecule has 20 nitrogen and oxygen atoms in total. The minimum absolute atomic E-state index is 0. The molecule has 2 aliphatic heterocycles. The Morgan fingerprint density at radius 3 is 1.69 bits per heavy atom. The summed E-state index contributed by atoms with van der Waals surface area (Å²) >= 11 is 0. The van der Waals surface area contributed by atoms with Gasteiger partial charge in [0.15, 0.2) is 5.71 Å². The number of fused-ring (bicyclic) bond motifs is 6. The molecule has 4 aromatic carbocycles. The number of methoxy groups -OCH3 is 1. The fourth-order valence-electron chi connectivity index (χ4n) is 9.78. The SMILES string of the molecule is CCN1C(=CC=CC=CC2=[N+](CCCCCC(=O)O)c3ccc4c(S(=O)(=O)[O-])cc(S(=O)(=O)[O-])cc4c3C2(C)CCCS(=O)(=O)[O-])C(C)(CCOC)c2c1ccc1c(S(=O)(=O)[O-])cc(S(=O)(=O)[O-])cc21.[Na+].[Na+].[Na+].[Na+]. The first kappa shape index (κ1) is 69.2. The predicted molar refractivity (Wildman–Crippen MR) is 250 cm³/mol. The quantitative estimate of drug-likeness (QED) is 0.0266. The average molecular weight is 1160 g/mol. The molecule has 0 radical (unpaired) electrons. The zero-order chi connectivity index (χ0) is 52.0. The molecular formula is C45H48N2Na4O18S5. The van der Waals surface area contributed by atoms with Gasteiger partial charge in [-0.1, -0.05) is 24.3 Å². The summed E-state index contributed by atoms with van der Waals surface area (Å²) in [7, 11) is -24.6. The number of benzene rings is 4. The number of nitrogens with zero attached hydrogens (tertiary/aromatic N) is 2. The molecule has 0 aliphatic carbocycles. The minimum atomic E-state index is -5.40. The van der Waals surface area contributed by atoms with Gasteiger partial charge in [-0.2, -0.15) is 4.58 Å². The number of unbranched alkanes of at least 4 members (excludes halogenated alkanes) is 2. The number of carboxylic acids is 1. The van der Waals surface area contributed by atoms with Crippen molar-refractivity contribution in [1.29, 1.82) is 0 Å². The van der Waals surface area contributed by atoms with Gasteiger partial charge in [0, 0.05) is 78.7 Å². The normalized spacial score (nSPS) is 18.6. The van der Waals surface area contributed by atoms with Crippen molar-refractivity contribution in [3.63, 3.8) is 0 Å². The Bertz CT molecular complexity index is 3530. The summed E-state index contributed by atoms with van der Waals surface area (Å²) < 4.78 is 192. The number of allylic oxidation sites excluding steroid dienone is 6. The first-order chi connectivity index (χ1) is 32.4. The summed E-state index contributed by atoms with van der Waals surface area (Å²) in [5.74, 6) is -1.83. The van der Waals surface area contributed by atoms with E-state index in [2.05, 4.69) is 0 Å². The first-order valence-corrected chi connectivity index (χ1v) is 28.8. The van der Waals surface area contributed by atoms with Crippen molar-refractivity contribution in [2.45, 2.75) is 96.1 Å². The van der Waals surface area contributed by atoms with Crippen LogP contribution in [0.25, 0.3) is 21.5 Å². The Morgan fingerprint density at radius 2 is 1.20 bits per heavy atom. The molecule has 6 rings (SSSR count). The second-order valence-corrected chi connectivity index (χ2v) is 24.3. The molecule has 2 heterocycles. The van der Waals surface area contributed by atoms with Gasteiger partial charge in [0.05, 0.1) is 35.1 Å². The molecule has 0 bridgehead atoms. The van der Waals surface area contributed by atoms with Crippen molar-refractivity contribution in [2.75, 3.05) is 37.5 Å². The van der Waals surface area contributed by atoms with Crippen LogP contribution in [-0.4, -0.2) is 119 Å². The van der Waals surface area contributed by atoms with Gasteiger partial charge in [-0.3, -0.25) is 4.79 Å². The smallest absolute Gasteiger partial charge is 0.748 e. The molecule has 0 aromatic heterocycles. The number of ether oxygens (including phenoxy) is 1. The molecule has 0 fully saturated rings. The van der Waals surface area contributed by atoms with Crippen molar-refractivity contribution in [3.05, 3.63) is 95.7 Å². The number of hydrogen-bond acceptors (Lipinski definition) is 18. The van der Waals surface area contributed by atoms with Gasteiger partial charge in [-0.05, 0) is 117 Å². The van der Waals surface area contributed by atoms with Crippen LogP contribution in [0.5, 0.6) is 0 Å². The zero-order valence-corrected chi connectivity index (χ0v) is 54.2. The molecule has 4 aromatic rings. The summed E-state index contributed by atoms with van der Waals surface area (Å²) in [6.45, 7) is 5.95. The monoisotopic (exact) mass is 1160 g/mol. The number of rotatable bonds is 21. The minimum Gasteiger partial charge on any atom is -0.748 e. The molecule has 2 unspecified atom stereocenters. The molecule has 380 valence electrons. The van der Waals surface area contributed by atoms with Gasteiger partial charge in [-0.15, -0.1) is 0 Å². The van der Waals surface area contributed by atoms with Crippen molar-refractivity contribution < 1.29 is 202 Å². The van der Waals surface area contributed by atoms with Gasteiger partial charge in [0.2, 0.25) is 5.69 Å². The number of anilines is 1. The van der Waals surface area contributed by atoms with Crippen LogP contribution in [0.3, 0.4) is 0 Å². The van der Waals surface area contributed by atoms with Gasteiger partial charge in [-0.25, -0.2) is 42.1 Å². The number of likely N-dealkylation sites (N-methyl/N-ethyl adjacent to an activating group) is 1. The van der Waals surface area contributed by atoms with Crippen molar-refractivity contribution in [2.24, 2.45) is 0 Å². The van der Waals surface area contributed by atoms with Crippen LogP contribution >= 0.6 is 0 Å². The first-order valence-electron chi connectivity index (χ1n) is 21.6. The van der Waals surface area contributed by atoms with E-state index in [1.54, 1.807) is 47.9 Å². The fraction of sp³-hybridized carbons (Fsp3) is 0.378. The predicted octanol–water partition coefficient (Wildman–Crippen LogP) is -7.22. The average Bonchev–Trinajstić information content (AvgIpc) is 3.63. The van der Waals surface area contributed by atoms with E-state index in [4.69, 9.17) is 4.74 Å². The van der Waals surface area contributed by atoms with E-state index in [0.29, 0.717) is 66.3 Å². The van der Waals surface area contributed by atoms with E-state index < -0.39 is 92.7 Å². The Kier molecular flexibility index (Phi) is 24.8. The van der Waals surface area contributed by atoms with Gasteiger partial charge in [0.1, 0.15) is 47.0 Å². The standard InChI is InChI=1S/C45H52N2O18S5.4Na/c1-5-46-35-18-16-31-33(25-29(67(53,54)55)27-37(31)69(59,60)61)42(35)45(3,21-23-65-4)39(46)13-8-6-9-14-40-44(2,20-12-24-66(50,51)52)43-34-26-30(68(56,57)58)28-38(70(62,63)64)32(34)17-19-36(43)47(40)22-11-7-10-15-41(48)49;;;;/h6,8-9,13-14,16-19,25-28H,5,7,10-12,15,20-24H2,1-4H3,(H5-,48,49,50,51,52,53,54,55,56,57,58,59,60,61,62,63,64);;;;/q;4*+1/p-4. The van der Waals surface area contributed by atoms with E-state index in [9.17, 15) is 74.8 Å². The fourth-order valence-corrected chi connectivity index (χ4v) is 12.9. The summed E-state index contributed by atoms with van der Waals surface area (Å²) in [5, 5.41) is 8.85. The van der Waals surface area contributed by atoms with Crippen LogP contribution in [0.1, 0.15) is 76.8 Å². The maximum atomic E-state index is 12.6. The van der Waals surface area contributed by atoms with Crippen LogP contribution < -0.4 is 123 Å². The van der Waals surface area contributed by atoms with Crippen molar-refractivity contribution in [3.8, 4) is 0 Å². The zero-order valence-electron chi connectivity index (χ0n) is 42.1. The van der Waals surface area contributed by atoms with E-state index in [0.717, 1.165) is 12.1 Å². The molecule has 0 saturated heterocycles. The molecular weight excluding hydrogens is 1110 g/mol. The Hall–Kier alpha value is -0.930. The van der Waals surface area contributed by atoms with Crippen LogP contribution in [-0.2, 0) is 71.0 Å². The molecule has 74 heavy (non-hydrogen) atoms. The molecule has 2 aliphatic rings. The molecule has 1 N–H and O–H groups in total. The Labute approximate surface area is 520 Å². The van der Waals surface area contributed by atoms with Crippen molar-refractivity contribution in [1.82, 2.24) is 0 Å². The summed E-state index contributed by atoms with van der Waals surface area (Å²) in [4.78, 5) is 9.37. The third-order valence-electron chi connectivity index (χ3n) is 12.8. The van der Waals surface area contributed by atoms with Gasteiger partial charge >= 0.3 is 124 Å². The van der Waals surface area contributed by atoms with E-state index in [1.807, 2.05) is 18.7 Å². The van der Waals surface area contributed by atoms with Gasteiger partial charge < -0.3 is 37.5 Å². The topological polar surface area (TPSA) is 339 Å². The summed E-state index contributed by atoms with van der Waals surface area (Å²) in [6.07, 6.45) is 9.15. The number of carbonyl (C=O) groups is 1. The third-order valence-corrected chi connectivity index (χ3v) is 17.0. The number of aliphatic carboxylic acids is 1. The van der Waals surface area contributed by atoms with E-state index >= 15 is 0 Å². The van der Waals surface area contributed by atoms with Crippen LogP contribution in [0, 0.1) is 0 Å². The van der Waals surface area contributed by atoms with Gasteiger partial charge in [0.25, 0.3) is 0 Å². The van der Waals surface area contributed by atoms with E-state index in [1.165, 1.54) is 25.3 Å². The molecule has 29 heteroatoms. The maximum Gasteiger partial charge on any atom is 1.00 e. The van der Waals surface area contributed by atoms with Crippen LogP contribution in [0.4, 0.5) is 11.4 Å². The number of hydrogen-bond donors (Lipinski definition) is 1. The van der Waals surface area contributed by atoms with Crippen LogP contribution in [0.2, 0.25) is 0 Å². The largest absolute Gasteiger partial charge is 1.00 e. The summed E-state index contributed by atoms with van der Waals surface area (Å²) in [5.41, 5.74) is 0.150. The molecule has 0 saturated carbocycles. The molecule has 0 amide bonds. The molecule has 0 spiro atoms. The van der Waals surface area contributed by atoms with Crippen molar-refractivity contribution >= 4 is 95.2 Å². The third kappa shape index (κ3) is 15.1. The Balaban J connectivity index is 0.00000469. The second-order valence-electron chi connectivity index (χ2n) is 17.3. The van der Waals surface area contributed by atoms with Crippen LogP contribution in [0.15, 0.2) is 104 Å². The second kappa shape index (κ2) is 26.6. The summed E-state index contributed by atoms with van der Waals surface area (Å²) in [6, 6.07) is 8.75. The Morgan fingerprint density at radius 1 is 0.662 bits per heavy atom. The number of carboxylic acid groups (broad SMARTS) is 1. The van der Waals surface area contributed by atoms with E-state index in [-0.39, 0.29) is 184 Å². The molecule has 2 atom stereocenters. The maximum absolute atomic E-state index is 12.6.